The SMILES string of the molecule is Cc1ccc(F)cc1S(=O)(=O)c1ccc(CNC(=O)c2cc3ccncc3o2)cc1. The van der Waals surface area contributed by atoms with Gasteiger partial charge in [-0.15, -0.1) is 0 Å². The first-order valence-corrected chi connectivity index (χ1v) is 10.5. The Kier molecular flexibility index (Phi) is 5.09. The minimum atomic E-state index is -3.85. The van der Waals surface area contributed by atoms with Gasteiger partial charge in [-0.2, -0.15) is 0 Å². The van der Waals surface area contributed by atoms with Gasteiger partial charge in [0, 0.05) is 18.1 Å². The van der Waals surface area contributed by atoms with Gasteiger partial charge in [-0.25, -0.2) is 12.8 Å². The highest BCUT2D eigenvalue weighted by molar-refractivity contribution is 7.91. The molecule has 0 atom stereocenters. The Hall–Kier alpha value is -3.52. The molecule has 2 aromatic carbocycles. The topological polar surface area (TPSA) is 89.3 Å². The van der Waals surface area contributed by atoms with E-state index in [4.69, 9.17) is 4.42 Å². The highest BCUT2D eigenvalue weighted by Crippen LogP contribution is 2.25. The van der Waals surface area contributed by atoms with E-state index in [-0.39, 0.29) is 22.1 Å². The highest BCUT2D eigenvalue weighted by atomic mass is 32.2. The Labute approximate surface area is 172 Å². The molecule has 152 valence electrons. The van der Waals surface area contributed by atoms with Gasteiger partial charge in [0.2, 0.25) is 9.84 Å². The molecule has 1 N–H and O–H groups in total. The first kappa shape index (κ1) is 19.8. The predicted octanol–water partition coefficient (Wildman–Crippen LogP) is 4.04. The molecule has 0 bridgehead atoms. The largest absolute Gasteiger partial charge is 0.449 e. The van der Waals surface area contributed by atoms with Crippen molar-refractivity contribution < 1.29 is 22.0 Å². The lowest BCUT2D eigenvalue weighted by molar-refractivity contribution is 0.0925. The van der Waals surface area contributed by atoms with Crippen molar-refractivity contribution in [1.29, 1.82) is 0 Å². The molecule has 6 nitrogen and oxygen atoms in total. The van der Waals surface area contributed by atoms with Crippen LogP contribution >= 0.6 is 0 Å². The van der Waals surface area contributed by atoms with Crippen LogP contribution in [0, 0.1) is 12.7 Å². The van der Waals surface area contributed by atoms with Gasteiger partial charge in [0.25, 0.3) is 5.91 Å². The number of aryl methyl sites for hydroxylation is 1. The molecule has 2 heterocycles. The molecule has 8 heteroatoms. The highest BCUT2D eigenvalue weighted by Gasteiger charge is 2.20. The van der Waals surface area contributed by atoms with E-state index >= 15 is 0 Å². The number of hydrogen-bond donors (Lipinski definition) is 1. The smallest absolute Gasteiger partial charge is 0.287 e. The molecule has 0 aliphatic carbocycles. The Balaban J connectivity index is 1.48. The Morgan fingerprint density at radius 2 is 1.87 bits per heavy atom. The van der Waals surface area contributed by atoms with Gasteiger partial charge < -0.3 is 9.73 Å². The maximum absolute atomic E-state index is 13.5. The van der Waals surface area contributed by atoms with Gasteiger partial charge in [-0.05, 0) is 54.4 Å². The first-order chi connectivity index (χ1) is 14.3. The summed E-state index contributed by atoms with van der Waals surface area (Å²) in [5.74, 6) is -0.836. The second kappa shape index (κ2) is 7.72. The zero-order valence-corrected chi connectivity index (χ0v) is 16.7. The molecule has 0 fully saturated rings. The van der Waals surface area contributed by atoms with Gasteiger partial charge in [-0.1, -0.05) is 18.2 Å². The second-order valence-electron chi connectivity index (χ2n) is 6.76. The molecule has 0 saturated heterocycles. The van der Waals surface area contributed by atoms with Crippen LogP contribution in [0.4, 0.5) is 4.39 Å². The quantitative estimate of drug-likeness (QED) is 0.522. The Bertz CT molecular complexity index is 1310. The van der Waals surface area contributed by atoms with Gasteiger partial charge in [0.15, 0.2) is 11.3 Å². The standard InChI is InChI=1S/C22H17FN2O4S/c1-14-2-5-17(23)11-21(14)30(27,28)18-6-3-15(4-7-18)12-25-22(26)19-10-16-8-9-24-13-20(16)29-19/h2-11,13H,12H2,1H3,(H,25,26). The Morgan fingerprint density at radius 1 is 1.10 bits per heavy atom. The molecule has 2 aromatic heterocycles. The number of carbonyl (C=O) groups excluding carboxylic acids is 1. The fraction of sp³-hybridized carbons (Fsp3) is 0.0909. The zero-order valence-electron chi connectivity index (χ0n) is 15.9. The number of carbonyl (C=O) groups is 1. The number of fused-ring (bicyclic) bond motifs is 1. The van der Waals surface area contributed by atoms with Crippen LogP contribution in [0.1, 0.15) is 21.7 Å². The van der Waals surface area contributed by atoms with E-state index in [1.54, 1.807) is 37.4 Å². The number of pyridine rings is 1. The molecule has 0 aliphatic rings. The van der Waals surface area contributed by atoms with E-state index in [0.717, 1.165) is 11.5 Å². The van der Waals surface area contributed by atoms with Crippen LogP contribution in [0.3, 0.4) is 0 Å². The van der Waals surface area contributed by atoms with Crippen molar-refractivity contribution in [2.45, 2.75) is 23.3 Å². The summed E-state index contributed by atoms with van der Waals surface area (Å²) in [4.78, 5) is 16.2. The molecule has 0 spiro atoms. The van der Waals surface area contributed by atoms with E-state index in [2.05, 4.69) is 10.3 Å². The summed E-state index contributed by atoms with van der Waals surface area (Å²) in [6, 6.07) is 13.1. The average molecular weight is 424 g/mol. The lowest BCUT2D eigenvalue weighted by atomic mass is 10.2. The molecule has 0 unspecified atom stereocenters. The number of aromatic nitrogens is 1. The third-order valence-corrected chi connectivity index (χ3v) is 6.58. The lowest BCUT2D eigenvalue weighted by Gasteiger charge is -2.09. The van der Waals surface area contributed by atoms with Crippen molar-refractivity contribution in [2.75, 3.05) is 0 Å². The van der Waals surface area contributed by atoms with Crippen molar-refractivity contribution in [3.05, 3.63) is 89.7 Å². The van der Waals surface area contributed by atoms with E-state index in [1.165, 1.54) is 30.5 Å². The molecular weight excluding hydrogens is 407 g/mol. The fourth-order valence-corrected chi connectivity index (χ4v) is 4.55. The summed E-state index contributed by atoms with van der Waals surface area (Å²) in [6.45, 7) is 1.80. The normalized spacial score (nSPS) is 11.5. The van der Waals surface area contributed by atoms with Crippen LogP contribution in [0.25, 0.3) is 11.0 Å². The molecule has 4 rings (SSSR count). The number of furan rings is 1. The number of halogens is 1. The molecule has 30 heavy (non-hydrogen) atoms. The molecule has 0 saturated carbocycles. The predicted molar refractivity (Wildman–Crippen MR) is 108 cm³/mol. The number of rotatable bonds is 5. The number of nitrogens with zero attached hydrogens (tertiary/aromatic N) is 1. The van der Waals surface area contributed by atoms with Crippen LogP contribution in [-0.4, -0.2) is 19.3 Å². The fourth-order valence-electron chi connectivity index (χ4n) is 3.04. The van der Waals surface area contributed by atoms with Crippen LogP contribution in [0.5, 0.6) is 0 Å². The van der Waals surface area contributed by atoms with Gasteiger partial charge in [0.1, 0.15) is 5.82 Å². The van der Waals surface area contributed by atoms with Gasteiger partial charge in [-0.3, -0.25) is 9.78 Å². The van der Waals surface area contributed by atoms with Gasteiger partial charge >= 0.3 is 0 Å². The molecule has 0 aliphatic heterocycles. The number of nitrogens with one attached hydrogen (secondary N) is 1. The first-order valence-electron chi connectivity index (χ1n) is 9.06. The third kappa shape index (κ3) is 3.81. The van der Waals surface area contributed by atoms with E-state index in [0.29, 0.717) is 16.7 Å². The van der Waals surface area contributed by atoms with E-state index in [1.807, 2.05) is 0 Å². The number of amides is 1. The van der Waals surface area contributed by atoms with Crippen LogP contribution < -0.4 is 5.32 Å². The second-order valence-corrected chi connectivity index (χ2v) is 8.68. The van der Waals surface area contributed by atoms with Crippen LogP contribution in [0.2, 0.25) is 0 Å². The molecule has 4 aromatic rings. The maximum atomic E-state index is 13.5. The molecule has 1 amide bonds. The summed E-state index contributed by atoms with van der Waals surface area (Å²) in [5, 5.41) is 3.51. The molecular formula is C22H17FN2O4S. The van der Waals surface area contributed by atoms with Crippen molar-refractivity contribution >= 4 is 26.7 Å². The number of sulfone groups is 1. The van der Waals surface area contributed by atoms with E-state index in [9.17, 15) is 17.6 Å². The van der Waals surface area contributed by atoms with Crippen molar-refractivity contribution in [2.24, 2.45) is 0 Å². The van der Waals surface area contributed by atoms with Crippen molar-refractivity contribution in [3.8, 4) is 0 Å². The third-order valence-electron chi connectivity index (χ3n) is 4.67. The van der Waals surface area contributed by atoms with Crippen LogP contribution in [-0.2, 0) is 16.4 Å². The zero-order chi connectivity index (χ0) is 21.3. The summed E-state index contributed by atoms with van der Waals surface area (Å²) in [7, 11) is -3.85. The van der Waals surface area contributed by atoms with Gasteiger partial charge in [0.05, 0.1) is 16.0 Å². The van der Waals surface area contributed by atoms with Crippen molar-refractivity contribution in [3.63, 3.8) is 0 Å². The Morgan fingerprint density at radius 3 is 2.60 bits per heavy atom. The maximum Gasteiger partial charge on any atom is 0.287 e. The monoisotopic (exact) mass is 424 g/mol. The summed E-state index contributed by atoms with van der Waals surface area (Å²) in [5.41, 5.74) is 1.69. The van der Waals surface area contributed by atoms with Crippen LogP contribution in [0.15, 0.2) is 81.2 Å². The summed E-state index contributed by atoms with van der Waals surface area (Å²) >= 11 is 0. The lowest BCUT2D eigenvalue weighted by Crippen LogP contribution is -2.22. The summed E-state index contributed by atoms with van der Waals surface area (Å²) in [6.07, 6.45) is 3.14. The number of hydrogen-bond acceptors (Lipinski definition) is 5. The minimum absolute atomic E-state index is 0.0519. The average Bonchev–Trinajstić information content (AvgIpc) is 3.18. The molecule has 0 radical (unpaired) electrons. The number of benzene rings is 2. The summed E-state index contributed by atoms with van der Waals surface area (Å²) < 4.78 is 44.6. The minimum Gasteiger partial charge on any atom is -0.449 e. The van der Waals surface area contributed by atoms with Crippen molar-refractivity contribution in [1.82, 2.24) is 10.3 Å². The van der Waals surface area contributed by atoms with E-state index < -0.39 is 21.6 Å².